The predicted octanol–water partition coefficient (Wildman–Crippen LogP) is 2.01. The van der Waals surface area contributed by atoms with Crippen LogP contribution in [0.1, 0.15) is 24.8 Å². The van der Waals surface area contributed by atoms with Crippen molar-refractivity contribution in [3.63, 3.8) is 0 Å². The molecular formula is C11H17N3O. The van der Waals surface area contributed by atoms with Gasteiger partial charge in [-0.3, -0.25) is 0 Å². The van der Waals surface area contributed by atoms with Gasteiger partial charge >= 0.3 is 0 Å². The predicted molar refractivity (Wildman–Crippen MR) is 59.2 cm³/mol. The molecule has 0 spiro atoms. The fourth-order valence-corrected chi connectivity index (χ4v) is 1.76. The molecule has 2 rings (SSSR count). The first-order chi connectivity index (χ1) is 7.31. The van der Waals surface area contributed by atoms with Crippen molar-refractivity contribution in [1.29, 1.82) is 0 Å². The maximum Gasteiger partial charge on any atom is 0.221 e. The van der Waals surface area contributed by atoms with Crippen molar-refractivity contribution in [3.05, 3.63) is 11.9 Å². The van der Waals surface area contributed by atoms with E-state index in [9.17, 15) is 0 Å². The molecule has 0 aliphatic heterocycles. The third-order valence-electron chi connectivity index (χ3n) is 3.01. The van der Waals surface area contributed by atoms with Gasteiger partial charge in [-0.15, -0.1) is 0 Å². The van der Waals surface area contributed by atoms with Gasteiger partial charge in [0.25, 0.3) is 0 Å². The van der Waals surface area contributed by atoms with Crippen LogP contribution in [0.2, 0.25) is 0 Å². The highest BCUT2D eigenvalue weighted by Gasteiger charge is 2.17. The molecule has 82 valence electrons. The van der Waals surface area contributed by atoms with Crippen molar-refractivity contribution in [2.75, 3.05) is 19.0 Å². The molecule has 1 aromatic rings. The summed E-state index contributed by atoms with van der Waals surface area (Å²) in [5, 5.41) is 3.36. The average molecular weight is 207 g/mol. The van der Waals surface area contributed by atoms with Gasteiger partial charge in [-0.1, -0.05) is 6.42 Å². The van der Waals surface area contributed by atoms with E-state index in [0.717, 1.165) is 23.8 Å². The van der Waals surface area contributed by atoms with Crippen molar-refractivity contribution in [2.45, 2.75) is 26.2 Å². The molecule has 0 unspecified atom stereocenters. The van der Waals surface area contributed by atoms with Gasteiger partial charge in [0, 0.05) is 6.54 Å². The normalized spacial score (nSPS) is 15.9. The molecule has 0 radical (unpaired) electrons. The number of rotatable bonds is 4. The van der Waals surface area contributed by atoms with E-state index in [1.807, 2.05) is 6.92 Å². The molecule has 1 aliphatic carbocycles. The average Bonchev–Trinajstić information content (AvgIpc) is 2.18. The summed E-state index contributed by atoms with van der Waals surface area (Å²) in [6.07, 6.45) is 5.59. The number of hydrogen-bond donors (Lipinski definition) is 1. The van der Waals surface area contributed by atoms with Gasteiger partial charge < -0.3 is 10.1 Å². The zero-order valence-corrected chi connectivity index (χ0v) is 9.29. The topological polar surface area (TPSA) is 47.0 Å². The fraction of sp³-hybridized carbons (Fsp3) is 0.636. The van der Waals surface area contributed by atoms with Crippen LogP contribution in [-0.2, 0) is 0 Å². The molecule has 1 heterocycles. The molecule has 0 saturated heterocycles. The lowest BCUT2D eigenvalue weighted by atomic mass is 9.85. The van der Waals surface area contributed by atoms with Gasteiger partial charge in [-0.05, 0) is 25.7 Å². The van der Waals surface area contributed by atoms with Crippen LogP contribution in [0, 0.1) is 12.8 Å². The van der Waals surface area contributed by atoms with Crippen molar-refractivity contribution in [3.8, 4) is 5.88 Å². The van der Waals surface area contributed by atoms with E-state index >= 15 is 0 Å². The Morgan fingerprint density at radius 3 is 2.87 bits per heavy atom. The first-order valence-corrected chi connectivity index (χ1v) is 5.40. The molecule has 0 atom stereocenters. The molecule has 4 nitrogen and oxygen atoms in total. The number of nitrogens with one attached hydrogen (secondary N) is 1. The summed E-state index contributed by atoms with van der Waals surface area (Å²) in [5.74, 6) is 2.38. The molecule has 1 fully saturated rings. The monoisotopic (exact) mass is 207 g/mol. The minimum atomic E-state index is 0.654. The lowest BCUT2D eigenvalue weighted by molar-refractivity contribution is 0.333. The minimum absolute atomic E-state index is 0.654. The smallest absolute Gasteiger partial charge is 0.221 e. The van der Waals surface area contributed by atoms with Crippen LogP contribution in [0.4, 0.5) is 5.82 Å². The van der Waals surface area contributed by atoms with Crippen LogP contribution < -0.4 is 10.1 Å². The van der Waals surface area contributed by atoms with Gasteiger partial charge in [0.1, 0.15) is 12.1 Å². The molecule has 1 N–H and O–H groups in total. The van der Waals surface area contributed by atoms with E-state index in [-0.39, 0.29) is 0 Å². The summed E-state index contributed by atoms with van der Waals surface area (Å²) in [7, 11) is 1.63. The Kier molecular flexibility index (Phi) is 3.04. The molecule has 1 aromatic heterocycles. The Balaban J connectivity index is 2.00. The molecule has 0 bridgehead atoms. The van der Waals surface area contributed by atoms with E-state index in [2.05, 4.69) is 15.3 Å². The lowest BCUT2D eigenvalue weighted by Crippen LogP contribution is -2.21. The third-order valence-corrected chi connectivity index (χ3v) is 3.01. The van der Waals surface area contributed by atoms with Gasteiger partial charge in [0.15, 0.2) is 0 Å². The van der Waals surface area contributed by atoms with Crippen molar-refractivity contribution >= 4 is 5.82 Å². The number of ether oxygens (including phenoxy) is 1. The van der Waals surface area contributed by atoms with E-state index in [1.165, 1.54) is 25.6 Å². The van der Waals surface area contributed by atoms with E-state index in [1.54, 1.807) is 7.11 Å². The van der Waals surface area contributed by atoms with Crippen molar-refractivity contribution < 1.29 is 4.74 Å². The van der Waals surface area contributed by atoms with Gasteiger partial charge in [-0.25, -0.2) is 9.97 Å². The number of methoxy groups -OCH3 is 1. The summed E-state index contributed by atoms with van der Waals surface area (Å²) >= 11 is 0. The van der Waals surface area contributed by atoms with Crippen LogP contribution >= 0.6 is 0 Å². The van der Waals surface area contributed by atoms with Gasteiger partial charge in [0.05, 0.1) is 12.7 Å². The van der Waals surface area contributed by atoms with Crippen LogP contribution in [0.3, 0.4) is 0 Å². The Labute approximate surface area is 90.1 Å². The van der Waals surface area contributed by atoms with Crippen molar-refractivity contribution in [2.24, 2.45) is 5.92 Å². The standard InChI is InChI=1S/C11H17N3O/c1-8-10(12-6-9-4-3-5-9)13-7-14-11(8)15-2/h7,9H,3-6H2,1-2H3,(H,12,13,14). The highest BCUT2D eigenvalue weighted by molar-refractivity contribution is 5.47. The highest BCUT2D eigenvalue weighted by Crippen LogP contribution is 2.27. The van der Waals surface area contributed by atoms with E-state index in [4.69, 9.17) is 4.74 Å². The van der Waals surface area contributed by atoms with Crippen molar-refractivity contribution in [1.82, 2.24) is 9.97 Å². The zero-order valence-electron chi connectivity index (χ0n) is 9.29. The second kappa shape index (κ2) is 4.47. The van der Waals surface area contributed by atoms with Crippen LogP contribution in [0.25, 0.3) is 0 Å². The first kappa shape index (κ1) is 10.2. The summed E-state index contributed by atoms with van der Waals surface area (Å²) < 4.78 is 5.14. The Hall–Kier alpha value is -1.32. The molecule has 4 heteroatoms. The second-order valence-electron chi connectivity index (χ2n) is 4.03. The molecule has 15 heavy (non-hydrogen) atoms. The number of anilines is 1. The summed E-state index contributed by atoms with van der Waals surface area (Å²) in [4.78, 5) is 8.26. The van der Waals surface area contributed by atoms with Crippen LogP contribution in [0.15, 0.2) is 6.33 Å². The number of aromatic nitrogens is 2. The molecule has 0 aromatic carbocycles. The number of nitrogens with zero attached hydrogens (tertiary/aromatic N) is 2. The van der Waals surface area contributed by atoms with E-state index in [0.29, 0.717) is 5.88 Å². The fourth-order valence-electron chi connectivity index (χ4n) is 1.76. The largest absolute Gasteiger partial charge is 0.481 e. The molecule has 1 aliphatic rings. The number of hydrogen-bond acceptors (Lipinski definition) is 4. The Bertz CT molecular complexity index is 337. The third kappa shape index (κ3) is 2.19. The summed E-state index contributed by atoms with van der Waals surface area (Å²) in [6, 6.07) is 0. The summed E-state index contributed by atoms with van der Waals surface area (Å²) in [5.41, 5.74) is 0.985. The quantitative estimate of drug-likeness (QED) is 0.820. The second-order valence-corrected chi connectivity index (χ2v) is 4.03. The Morgan fingerprint density at radius 2 is 2.27 bits per heavy atom. The maximum absolute atomic E-state index is 5.14. The first-order valence-electron chi connectivity index (χ1n) is 5.40. The van der Waals surface area contributed by atoms with Crippen LogP contribution in [-0.4, -0.2) is 23.6 Å². The van der Waals surface area contributed by atoms with Gasteiger partial charge in [-0.2, -0.15) is 0 Å². The lowest BCUT2D eigenvalue weighted by Gasteiger charge is -2.25. The molecule has 1 saturated carbocycles. The minimum Gasteiger partial charge on any atom is -0.481 e. The van der Waals surface area contributed by atoms with Crippen LogP contribution in [0.5, 0.6) is 5.88 Å². The SMILES string of the molecule is COc1ncnc(NCC2CCC2)c1C. The molecular weight excluding hydrogens is 190 g/mol. The highest BCUT2D eigenvalue weighted by atomic mass is 16.5. The van der Waals surface area contributed by atoms with E-state index < -0.39 is 0 Å². The summed E-state index contributed by atoms with van der Waals surface area (Å²) in [6.45, 7) is 2.99. The molecule has 0 amide bonds. The Morgan fingerprint density at radius 1 is 1.47 bits per heavy atom. The zero-order chi connectivity index (χ0) is 10.7. The maximum atomic E-state index is 5.14. The van der Waals surface area contributed by atoms with Gasteiger partial charge in [0.2, 0.25) is 5.88 Å².